The van der Waals surface area contributed by atoms with Crippen LogP contribution in [0.4, 0.5) is 0 Å². The third kappa shape index (κ3) is 8.58. The standard InChI is InChI=1S/C12H18N4O2.2ClH/c13-10(7-4-8-16-12(14)15)11(17)18-9-5-2-1-3-6-9;;/h1-3,5-6,10H,4,7-8,13H2,(H4,14,15,16);2*1H/t10-;;/m0../s1. The van der Waals surface area contributed by atoms with Gasteiger partial charge in [-0.1, -0.05) is 18.2 Å². The quantitative estimate of drug-likeness (QED) is 0.235. The van der Waals surface area contributed by atoms with Gasteiger partial charge in [-0.3, -0.25) is 4.99 Å². The van der Waals surface area contributed by atoms with Gasteiger partial charge in [0.25, 0.3) is 0 Å². The molecule has 1 aromatic rings. The summed E-state index contributed by atoms with van der Waals surface area (Å²) in [5, 5.41) is 0. The van der Waals surface area contributed by atoms with Gasteiger partial charge in [-0.15, -0.1) is 24.8 Å². The van der Waals surface area contributed by atoms with E-state index in [0.29, 0.717) is 25.1 Å². The van der Waals surface area contributed by atoms with E-state index in [-0.39, 0.29) is 30.8 Å². The van der Waals surface area contributed by atoms with E-state index in [2.05, 4.69) is 4.99 Å². The maximum absolute atomic E-state index is 11.6. The number of carbonyl (C=O) groups excluding carboxylic acids is 1. The molecule has 0 amide bonds. The molecule has 1 atom stereocenters. The molecule has 0 aliphatic rings. The normalized spacial score (nSPS) is 10.4. The molecule has 114 valence electrons. The van der Waals surface area contributed by atoms with Crippen LogP contribution in [0, 0.1) is 0 Å². The number of halogens is 2. The second-order valence-corrected chi connectivity index (χ2v) is 3.79. The smallest absolute Gasteiger partial charge is 0.328 e. The van der Waals surface area contributed by atoms with Crippen LogP contribution in [0.5, 0.6) is 5.75 Å². The molecule has 0 spiro atoms. The molecule has 0 aromatic heterocycles. The largest absolute Gasteiger partial charge is 0.425 e. The van der Waals surface area contributed by atoms with Gasteiger partial charge in [0.1, 0.15) is 11.8 Å². The molecule has 0 radical (unpaired) electrons. The first kappa shape index (κ1) is 20.8. The minimum absolute atomic E-state index is 0. The van der Waals surface area contributed by atoms with E-state index in [9.17, 15) is 4.79 Å². The van der Waals surface area contributed by atoms with Crippen LogP contribution in [0.3, 0.4) is 0 Å². The summed E-state index contributed by atoms with van der Waals surface area (Å²) >= 11 is 0. The van der Waals surface area contributed by atoms with Crippen molar-refractivity contribution in [3.63, 3.8) is 0 Å². The number of ether oxygens (including phenoxy) is 1. The Bertz CT molecular complexity index is 411. The molecule has 0 fully saturated rings. The van der Waals surface area contributed by atoms with Crippen LogP contribution in [0.25, 0.3) is 0 Å². The molecular formula is C12H20Cl2N4O2. The number of hydrogen-bond acceptors (Lipinski definition) is 4. The molecule has 0 heterocycles. The Hall–Kier alpha value is -1.50. The number of para-hydroxylation sites is 1. The SMILES string of the molecule is Cl.Cl.NC(N)=NCCC[C@H](N)C(=O)Oc1ccccc1. The van der Waals surface area contributed by atoms with E-state index < -0.39 is 12.0 Å². The van der Waals surface area contributed by atoms with Crippen molar-refractivity contribution >= 4 is 36.7 Å². The summed E-state index contributed by atoms with van der Waals surface area (Å²) in [7, 11) is 0. The molecule has 1 aromatic carbocycles. The minimum Gasteiger partial charge on any atom is -0.425 e. The maximum atomic E-state index is 11.6. The zero-order chi connectivity index (χ0) is 13.4. The van der Waals surface area contributed by atoms with Gasteiger partial charge in [0.15, 0.2) is 5.96 Å². The Morgan fingerprint density at radius 1 is 1.20 bits per heavy atom. The number of rotatable bonds is 6. The van der Waals surface area contributed by atoms with E-state index in [4.69, 9.17) is 21.9 Å². The Labute approximate surface area is 130 Å². The van der Waals surface area contributed by atoms with E-state index in [1.165, 1.54) is 0 Å². The Kier molecular flexibility index (Phi) is 11.8. The van der Waals surface area contributed by atoms with Gasteiger partial charge in [0.05, 0.1) is 0 Å². The highest BCUT2D eigenvalue weighted by Gasteiger charge is 2.15. The first-order valence-corrected chi connectivity index (χ1v) is 5.67. The van der Waals surface area contributed by atoms with E-state index >= 15 is 0 Å². The lowest BCUT2D eigenvalue weighted by atomic mass is 10.2. The number of nitrogens with zero attached hydrogens (tertiary/aromatic N) is 1. The second kappa shape index (κ2) is 11.3. The van der Waals surface area contributed by atoms with Crippen molar-refractivity contribution in [3.8, 4) is 5.75 Å². The van der Waals surface area contributed by atoms with Crippen LogP contribution in [-0.2, 0) is 4.79 Å². The van der Waals surface area contributed by atoms with Gasteiger partial charge >= 0.3 is 5.97 Å². The van der Waals surface area contributed by atoms with Crippen molar-refractivity contribution in [1.82, 2.24) is 0 Å². The number of benzene rings is 1. The lowest BCUT2D eigenvalue weighted by molar-refractivity contribution is -0.136. The number of hydrogen-bond donors (Lipinski definition) is 3. The zero-order valence-corrected chi connectivity index (χ0v) is 12.5. The molecule has 6 nitrogen and oxygen atoms in total. The van der Waals surface area contributed by atoms with Crippen LogP contribution >= 0.6 is 24.8 Å². The van der Waals surface area contributed by atoms with Crippen molar-refractivity contribution in [2.24, 2.45) is 22.2 Å². The summed E-state index contributed by atoms with van der Waals surface area (Å²) in [5.74, 6) is 0.0727. The average molecular weight is 323 g/mol. The molecule has 0 aliphatic heterocycles. The van der Waals surface area contributed by atoms with Crippen LogP contribution in [0.15, 0.2) is 35.3 Å². The summed E-state index contributed by atoms with van der Waals surface area (Å²) in [5.41, 5.74) is 16.0. The monoisotopic (exact) mass is 322 g/mol. The van der Waals surface area contributed by atoms with E-state index in [1.807, 2.05) is 6.07 Å². The second-order valence-electron chi connectivity index (χ2n) is 3.79. The highest BCUT2D eigenvalue weighted by Crippen LogP contribution is 2.10. The fourth-order valence-electron chi connectivity index (χ4n) is 1.32. The highest BCUT2D eigenvalue weighted by molar-refractivity contribution is 5.85. The first-order chi connectivity index (χ1) is 8.59. The summed E-state index contributed by atoms with van der Waals surface area (Å²) in [4.78, 5) is 15.4. The van der Waals surface area contributed by atoms with Crippen molar-refractivity contribution in [3.05, 3.63) is 30.3 Å². The van der Waals surface area contributed by atoms with Crippen LogP contribution in [-0.4, -0.2) is 24.5 Å². The topological polar surface area (TPSA) is 117 Å². The molecule has 0 unspecified atom stereocenters. The predicted octanol–water partition coefficient (Wildman–Crippen LogP) is 0.816. The van der Waals surface area contributed by atoms with Gasteiger partial charge in [-0.2, -0.15) is 0 Å². The van der Waals surface area contributed by atoms with Crippen molar-refractivity contribution in [2.75, 3.05) is 6.54 Å². The summed E-state index contributed by atoms with van der Waals surface area (Å²) in [6.07, 6.45) is 1.10. The predicted molar refractivity (Wildman–Crippen MR) is 84.5 cm³/mol. The molecule has 0 saturated heterocycles. The third-order valence-corrected chi connectivity index (χ3v) is 2.23. The van der Waals surface area contributed by atoms with Crippen LogP contribution < -0.4 is 21.9 Å². The molecular weight excluding hydrogens is 303 g/mol. The average Bonchev–Trinajstić information content (AvgIpc) is 2.35. The number of aliphatic imine (C=N–C) groups is 1. The highest BCUT2D eigenvalue weighted by atomic mass is 35.5. The number of guanidine groups is 1. The van der Waals surface area contributed by atoms with Crippen molar-refractivity contribution in [2.45, 2.75) is 18.9 Å². The number of carbonyl (C=O) groups is 1. The van der Waals surface area contributed by atoms with E-state index in [0.717, 1.165) is 0 Å². The Morgan fingerprint density at radius 2 is 1.80 bits per heavy atom. The third-order valence-electron chi connectivity index (χ3n) is 2.23. The molecule has 0 aliphatic carbocycles. The lowest BCUT2D eigenvalue weighted by Crippen LogP contribution is -2.34. The first-order valence-electron chi connectivity index (χ1n) is 5.67. The van der Waals surface area contributed by atoms with E-state index in [1.54, 1.807) is 24.3 Å². The van der Waals surface area contributed by atoms with Gasteiger partial charge in [0, 0.05) is 6.54 Å². The zero-order valence-electron chi connectivity index (χ0n) is 10.9. The van der Waals surface area contributed by atoms with Crippen LogP contribution in [0.1, 0.15) is 12.8 Å². The Balaban J connectivity index is 0. The van der Waals surface area contributed by atoms with Crippen molar-refractivity contribution < 1.29 is 9.53 Å². The molecule has 0 saturated carbocycles. The molecule has 8 heteroatoms. The molecule has 20 heavy (non-hydrogen) atoms. The minimum atomic E-state index is -0.667. The van der Waals surface area contributed by atoms with Crippen molar-refractivity contribution in [1.29, 1.82) is 0 Å². The summed E-state index contributed by atoms with van der Waals surface area (Å²) in [6, 6.07) is 8.14. The fraction of sp³-hybridized carbons (Fsp3) is 0.333. The number of nitrogens with two attached hydrogens (primary N) is 3. The van der Waals surface area contributed by atoms with Crippen LogP contribution in [0.2, 0.25) is 0 Å². The Morgan fingerprint density at radius 3 is 2.35 bits per heavy atom. The lowest BCUT2D eigenvalue weighted by Gasteiger charge is -2.10. The van der Waals surface area contributed by atoms with Gasteiger partial charge in [-0.05, 0) is 25.0 Å². The molecule has 6 N–H and O–H groups in total. The van der Waals surface area contributed by atoms with Gasteiger partial charge in [0.2, 0.25) is 0 Å². The molecule has 0 bridgehead atoms. The summed E-state index contributed by atoms with van der Waals surface area (Å²) < 4.78 is 5.11. The van der Waals surface area contributed by atoms with Gasteiger partial charge < -0.3 is 21.9 Å². The maximum Gasteiger partial charge on any atom is 0.328 e. The summed E-state index contributed by atoms with van der Waals surface area (Å²) in [6.45, 7) is 0.453. The fourth-order valence-corrected chi connectivity index (χ4v) is 1.32. The number of esters is 1. The van der Waals surface area contributed by atoms with Gasteiger partial charge in [-0.25, -0.2) is 4.79 Å². The molecule has 1 rings (SSSR count).